The van der Waals surface area contributed by atoms with Crippen LogP contribution in [0.5, 0.6) is 0 Å². The first-order valence-electron chi connectivity index (χ1n) is 23.9. The number of hydrogen-bond donors (Lipinski definition) is 10. The predicted molar refractivity (Wildman–Crippen MR) is 301 cm³/mol. The van der Waals surface area contributed by atoms with Crippen molar-refractivity contribution in [2.75, 3.05) is 218 Å². The molecule has 0 bridgehead atoms. The third kappa shape index (κ3) is 1630. The smallest absolute Gasteiger partial charge is 0.412 e. The van der Waals surface area contributed by atoms with Crippen molar-refractivity contribution in [3.05, 3.63) is 0 Å². The molecule has 109 heavy (non-hydrogen) atoms. The Kier molecular flexibility index (Phi) is 671. The van der Waals surface area contributed by atoms with Gasteiger partial charge in [0.15, 0.2) is 33.9 Å². The first-order chi connectivity index (χ1) is 50.8. The van der Waals surface area contributed by atoms with E-state index in [0.717, 1.165) is 25.7 Å². The summed E-state index contributed by atoms with van der Waals surface area (Å²) in [4.78, 5) is 5.76. The third-order valence-corrected chi connectivity index (χ3v) is 2.74. The quantitative estimate of drug-likeness (QED) is 0.0282. The Morgan fingerprint density at radius 1 is 0.229 bits per heavy atom. The first kappa shape index (κ1) is 202. The molecule has 0 aliphatic heterocycles. The monoisotopic (exact) mass is 2000 g/mol. The minimum absolute atomic E-state index is 0. The molecule has 0 spiro atoms. The average Bonchev–Trinajstić information content (AvgIpc) is 1.01. The van der Waals surface area contributed by atoms with E-state index in [1.165, 1.54) is 12.8 Å². The molecule has 66 heteroatoms. The van der Waals surface area contributed by atoms with Crippen molar-refractivity contribution in [2.45, 2.75) is 71.7 Å². The van der Waals surface area contributed by atoms with Gasteiger partial charge in [-0.25, -0.2) is 180 Å². The Bertz CT molecular complexity index is 697. The van der Waals surface area contributed by atoms with Crippen LogP contribution >= 0.6 is 9.84 Å². The predicted octanol–water partition coefficient (Wildman–Crippen LogP) is 18.8. The van der Waals surface area contributed by atoms with Crippen molar-refractivity contribution in [2.24, 2.45) is 0 Å². The van der Waals surface area contributed by atoms with Crippen molar-refractivity contribution in [3.63, 3.8) is 0 Å². The van der Waals surface area contributed by atoms with Gasteiger partial charge >= 0.3 is 18.3 Å². The van der Waals surface area contributed by atoms with Crippen molar-refractivity contribution in [1.29, 1.82) is 1.28 Å². The molecular weight excluding hydrogens is 1900 g/mol. The largest absolute Gasteiger partial charge is 0.413 e. The van der Waals surface area contributed by atoms with Crippen molar-refractivity contribution in [1.82, 2.24) is 0 Å². The number of aliphatic hydroxyl groups excluding tert-OH is 10. The summed E-state index contributed by atoms with van der Waals surface area (Å²) in [5.41, 5.74) is 6.25. The second kappa shape index (κ2) is 362. The van der Waals surface area contributed by atoms with Crippen LogP contribution in [0.2, 0.25) is 0 Å². The second-order valence-corrected chi connectivity index (χ2v) is 8.76. The Hall–Kier alpha value is -2.76. The van der Waals surface area contributed by atoms with Gasteiger partial charge in [-0.15, -0.1) is 14.8 Å². The Labute approximate surface area is 618 Å². The maximum absolute atomic E-state index is 11.0. The van der Waals surface area contributed by atoms with E-state index in [4.69, 9.17) is 59.3 Å². The molecule has 1 unspecified atom stereocenters. The number of halogens is 50. The van der Waals surface area contributed by atoms with Crippen LogP contribution in [0.3, 0.4) is 0 Å². The maximum Gasteiger partial charge on any atom is 0.413 e. The molecule has 0 radical (unpaired) electrons. The molecule has 0 amide bonds. The van der Waals surface area contributed by atoms with Gasteiger partial charge in [-0.3, -0.25) is 0 Å². The SMILES string of the molecule is C.C.FCC(F)(F)OF.FCC(F)(F)OF.FCF.FCF.FCF.FCF.FCF.FCF.FCF.FCF.FCF.FCF.FCF.FCF.FCF.FCF.FCF.FCF.OCC(F)(F)OF.OCCCCCCCCO.OCCF.OCCF.OCCF.OCCF.OCF.OCF.OCF.[2H]O.[2H]P.[Hf]. The third-order valence-electron chi connectivity index (χ3n) is 2.74. The van der Waals surface area contributed by atoms with Crippen molar-refractivity contribution < 1.29 is 319 Å². The molecule has 1 atom stereocenters. The molecule has 714 valence electrons. The van der Waals surface area contributed by atoms with Gasteiger partial charge in [0, 0.05) is 39.1 Å². The van der Waals surface area contributed by atoms with Gasteiger partial charge in [-0.1, -0.05) is 40.5 Å². The molecule has 0 saturated carbocycles. The summed E-state index contributed by atoms with van der Waals surface area (Å²) in [6.07, 6.45) is -6.02. The molecule has 0 saturated heterocycles. The number of alkyl halides is 47. The van der Waals surface area contributed by atoms with E-state index < -0.39 is 196 Å². The van der Waals surface area contributed by atoms with Gasteiger partial charge in [0.1, 0.15) is 33.3 Å². The maximum atomic E-state index is 11.0. The number of aliphatic hydroxyl groups is 10. The van der Waals surface area contributed by atoms with Crippen molar-refractivity contribution in [3.8, 4) is 0 Å². The molecule has 0 aliphatic carbocycles. The summed E-state index contributed by atoms with van der Waals surface area (Å²) in [7, 11) is 1.67. The van der Waals surface area contributed by atoms with E-state index in [-0.39, 0.29) is 67.1 Å². The van der Waals surface area contributed by atoms with Crippen LogP contribution < -0.4 is 0 Å². The minimum Gasteiger partial charge on any atom is -0.412 e. The summed E-state index contributed by atoms with van der Waals surface area (Å²) in [5.74, 6) is 0. The molecule has 0 aliphatic rings. The molecule has 0 rings (SSSR count). The van der Waals surface area contributed by atoms with Gasteiger partial charge in [-0.2, -0.15) is 36.2 Å². The van der Waals surface area contributed by atoms with Gasteiger partial charge in [-0.05, 0) is 26.4 Å². The zero-order valence-electron chi connectivity index (χ0n) is 56.5. The molecule has 12 N–H and O–H groups in total. The zero-order valence-corrected chi connectivity index (χ0v) is 59.2. The van der Waals surface area contributed by atoms with Gasteiger partial charge in [0.25, 0.3) is 0 Å². The zero-order chi connectivity index (χ0) is 94.5. The van der Waals surface area contributed by atoms with Crippen LogP contribution in [0.1, 0.15) is 54.8 Å². The van der Waals surface area contributed by atoms with E-state index in [1.807, 2.05) is 14.8 Å². The summed E-state index contributed by atoms with van der Waals surface area (Å²) in [6, 6.07) is 0. The minimum atomic E-state index is -4.25. The van der Waals surface area contributed by atoms with E-state index in [2.05, 4.69) is 0 Å². The van der Waals surface area contributed by atoms with Gasteiger partial charge < -0.3 is 56.5 Å². The fourth-order valence-corrected chi connectivity index (χ4v) is 0.996. The summed E-state index contributed by atoms with van der Waals surface area (Å²) < 4.78 is 508. The Morgan fingerprint density at radius 3 is 0.339 bits per heavy atom. The average molecular weight is 2000 g/mol. The van der Waals surface area contributed by atoms with Crippen LogP contribution in [0.25, 0.3) is 0 Å². The van der Waals surface area contributed by atoms with E-state index in [0.29, 0.717) is 13.2 Å². The number of rotatable bonds is 17. The Morgan fingerprint density at radius 2 is 0.312 bits per heavy atom. The fourth-order valence-electron chi connectivity index (χ4n) is 0.996. The summed E-state index contributed by atoms with van der Waals surface area (Å²) >= 11 is 0. The van der Waals surface area contributed by atoms with Crippen LogP contribution in [-0.2, 0) is 40.7 Å². The molecule has 0 heterocycles. The normalized spacial score (nSPS) is 7.61. The van der Waals surface area contributed by atoms with E-state index in [9.17, 15) is 220 Å². The standard InChI is InChI=1S/C8H18O2.2C2H2F4O.C2H3F3O2.4C2H5FO.16CH2F2.3CH3FO.2CH4.Hf.H2O.H3P/c9-7-5-3-1-2-4-6-8-10;2*3-1-2(4,5)7-6;3-2(4,1-6)7-5;4*3-1-2-4;19*2-1-3;;;;;/h9-10H,1-8H2;2*1H2;6H,1H2;4*4H,1-2H2;16*1H2;3*3H,1H2;2*1H4;;1H2;1H3/i;;;;;;;;;;;;;;;;;;;;;;;;;;;;;;;1D/hD. The van der Waals surface area contributed by atoms with E-state index in [1.54, 1.807) is 9.84 Å². The van der Waals surface area contributed by atoms with Crippen LogP contribution in [0, 0.1) is 0 Å². The molecule has 0 aromatic rings. The van der Waals surface area contributed by atoms with Crippen LogP contribution in [0.4, 0.5) is 220 Å². The van der Waals surface area contributed by atoms with Gasteiger partial charge in [0.05, 0.1) is 27.7 Å². The van der Waals surface area contributed by atoms with Gasteiger partial charge in [0.2, 0.25) is 112 Å². The topological polar surface area (TPSA) is 261 Å². The van der Waals surface area contributed by atoms with Crippen molar-refractivity contribution >= 4 is 9.84 Å². The molecular formula is C43H99F50HfO14P. The molecule has 0 aromatic heterocycles. The Balaban J connectivity index is -0.0000000196. The van der Waals surface area contributed by atoms with E-state index >= 15 is 0 Å². The summed E-state index contributed by atoms with van der Waals surface area (Å²) in [5, 5.41) is 75.0. The first-order valence-corrected chi connectivity index (χ1v) is 22.9. The van der Waals surface area contributed by atoms with Crippen LogP contribution in [0.15, 0.2) is 0 Å². The fraction of sp³-hybridized carbons (Fsp3) is 1.00. The second-order valence-electron chi connectivity index (χ2n) is 8.76. The molecule has 0 fully saturated rings. The molecule has 14 nitrogen and oxygen atoms in total. The summed E-state index contributed by atoms with van der Waals surface area (Å²) in [6.45, 7) is -40.9. The number of unbranched alkanes of at least 4 members (excludes halogenated alkanes) is 5. The number of hydrogen-bond acceptors (Lipinski definition) is 13. The van der Waals surface area contributed by atoms with Crippen LogP contribution in [-0.4, -0.2) is 294 Å². The molecule has 0 aromatic carbocycles.